The molecule has 0 aromatic heterocycles. The Balaban J connectivity index is 0. The molecule has 0 unspecified atom stereocenters. The molecule has 0 saturated carbocycles. The third-order valence-electron chi connectivity index (χ3n) is 0.319. The summed E-state index contributed by atoms with van der Waals surface area (Å²) in [6.07, 6.45) is 1.78. The fourth-order valence-electron chi connectivity index (χ4n) is 0.127. The van der Waals surface area contributed by atoms with E-state index in [-0.39, 0.29) is 29.6 Å². The van der Waals surface area contributed by atoms with Gasteiger partial charge in [-0.3, -0.25) is 0 Å². The smallest absolute Gasteiger partial charge is 0.422 e. The van der Waals surface area contributed by atoms with Crippen molar-refractivity contribution in [3.05, 3.63) is 12.7 Å². The van der Waals surface area contributed by atoms with Crippen LogP contribution in [0.2, 0.25) is 0 Å². The summed E-state index contributed by atoms with van der Waals surface area (Å²) in [5.74, 6) is 0.836. The van der Waals surface area contributed by atoms with Gasteiger partial charge in [0.2, 0.25) is 0 Å². The standard InChI is InChI=1S/C4H6S3.Na/c1-2-3-7-4(5)6;/h2H,1,3H2,(H,5,6);/q;+1/p-1. The summed E-state index contributed by atoms with van der Waals surface area (Å²) in [6.45, 7) is 3.51. The van der Waals surface area contributed by atoms with Crippen LogP contribution in [0, 0.1) is 0 Å². The summed E-state index contributed by atoms with van der Waals surface area (Å²) in [6, 6.07) is 0. The van der Waals surface area contributed by atoms with Gasteiger partial charge in [-0.15, -0.1) is 18.3 Å². The van der Waals surface area contributed by atoms with Gasteiger partial charge >= 0.3 is 29.6 Å². The first-order valence-corrected chi connectivity index (χ1v) is 3.52. The van der Waals surface area contributed by atoms with Crippen molar-refractivity contribution in [1.82, 2.24) is 0 Å². The van der Waals surface area contributed by atoms with Gasteiger partial charge in [-0.05, 0) is 0 Å². The summed E-state index contributed by atoms with van der Waals surface area (Å²) in [5.41, 5.74) is 0. The second-order valence-electron chi connectivity index (χ2n) is 0.850. The molecule has 0 saturated heterocycles. The Labute approximate surface area is 87.2 Å². The molecule has 0 heterocycles. The molecule has 0 aromatic rings. The van der Waals surface area contributed by atoms with E-state index >= 15 is 0 Å². The second kappa shape index (κ2) is 8.40. The fraction of sp³-hybridized carbons (Fsp3) is 0.250. The molecule has 0 bridgehead atoms. The minimum absolute atomic E-state index is 0. The number of hydrogen-bond donors (Lipinski definition) is 0. The van der Waals surface area contributed by atoms with Gasteiger partial charge in [0.05, 0.1) is 0 Å². The fourth-order valence-corrected chi connectivity index (χ4v) is 0.789. The van der Waals surface area contributed by atoms with Crippen molar-refractivity contribution in [3.8, 4) is 0 Å². The van der Waals surface area contributed by atoms with Crippen LogP contribution in [0.25, 0.3) is 0 Å². The van der Waals surface area contributed by atoms with Crippen molar-refractivity contribution in [2.45, 2.75) is 0 Å². The molecule has 0 radical (unpaired) electrons. The van der Waals surface area contributed by atoms with Gasteiger partial charge in [0, 0.05) is 5.75 Å². The van der Waals surface area contributed by atoms with E-state index in [9.17, 15) is 0 Å². The van der Waals surface area contributed by atoms with Crippen LogP contribution in [-0.4, -0.2) is 9.28 Å². The molecule has 4 heteroatoms. The molecule has 0 nitrogen and oxygen atoms in total. The summed E-state index contributed by atoms with van der Waals surface area (Å²) < 4.78 is 0.569. The molecule has 0 aliphatic rings. The molecule has 0 aromatic carbocycles. The predicted octanol–water partition coefficient (Wildman–Crippen LogP) is -1.26. The number of thioether (sulfide) groups is 1. The normalized spacial score (nSPS) is 7.00. The van der Waals surface area contributed by atoms with E-state index in [1.54, 1.807) is 6.08 Å². The van der Waals surface area contributed by atoms with Crippen LogP contribution in [-0.2, 0) is 12.6 Å². The second-order valence-corrected chi connectivity index (χ2v) is 3.47. The Kier molecular flexibility index (Phi) is 12.7. The molecule has 0 amide bonds. The van der Waals surface area contributed by atoms with Crippen molar-refractivity contribution in [3.63, 3.8) is 0 Å². The van der Waals surface area contributed by atoms with E-state index in [2.05, 4.69) is 31.4 Å². The maximum Gasteiger partial charge on any atom is 1.00 e. The van der Waals surface area contributed by atoms with E-state index in [4.69, 9.17) is 0 Å². The van der Waals surface area contributed by atoms with Crippen molar-refractivity contribution in [2.75, 3.05) is 5.75 Å². The molecule has 0 rings (SSSR count). The topological polar surface area (TPSA) is 0 Å². The van der Waals surface area contributed by atoms with Crippen LogP contribution < -0.4 is 29.6 Å². The van der Waals surface area contributed by atoms with Crippen molar-refractivity contribution in [2.24, 2.45) is 0 Å². The average Bonchev–Trinajstić information content (AvgIpc) is 1.61. The first kappa shape index (κ1) is 12.1. The van der Waals surface area contributed by atoms with E-state index in [1.807, 2.05) is 0 Å². The molecule has 8 heavy (non-hydrogen) atoms. The molecule has 0 aliphatic heterocycles. The van der Waals surface area contributed by atoms with Gasteiger partial charge in [-0.2, -0.15) is 0 Å². The molecule has 40 valence electrons. The summed E-state index contributed by atoms with van der Waals surface area (Å²) >= 11 is 10.6. The SMILES string of the molecule is C=CCSC(=S)[S-].[Na+]. The summed E-state index contributed by atoms with van der Waals surface area (Å²) in [4.78, 5) is 0. The van der Waals surface area contributed by atoms with Crippen LogP contribution in [0.15, 0.2) is 12.7 Å². The number of thiocarbonyl (C=S) groups is 1. The number of rotatable bonds is 2. The molecule has 0 aliphatic carbocycles. The summed E-state index contributed by atoms with van der Waals surface area (Å²) in [7, 11) is 0. The van der Waals surface area contributed by atoms with Gasteiger partial charge in [0.15, 0.2) is 0 Å². The first-order valence-electron chi connectivity index (χ1n) is 1.72. The molecule has 0 N–H and O–H groups in total. The zero-order valence-electron chi connectivity index (χ0n) is 4.72. The van der Waals surface area contributed by atoms with Gasteiger partial charge in [0.25, 0.3) is 0 Å². The minimum Gasteiger partial charge on any atom is -0.422 e. The first-order chi connectivity index (χ1) is 3.27. The molecule has 0 spiro atoms. The van der Waals surface area contributed by atoms with Crippen LogP contribution in [0.1, 0.15) is 0 Å². The Morgan fingerprint density at radius 1 is 1.88 bits per heavy atom. The summed E-state index contributed by atoms with van der Waals surface area (Å²) in [5, 5.41) is 0. The maximum absolute atomic E-state index is 4.59. The van der Waals surface area contributed by atoms with E-state index in [0.717, 1.165) is 5.75 Å². The Bertz CT molecular complexity index is 81.4. The third kappa shape index (κ3) is 10.4. The van der Waals surface area contributed by atoms with Crippen LogP contribution >= 0.6 is 24.0 Å². The monoisotopic (exact) mass is 172 g/mol. The van der Waals surface area contributed by atoms with Crippen LogP contribution in [0.3, 0.4) is 0 Å². The molecule has 0 fully saturated rings. The predicted molar refractivity (Wildman–Crippen MR) is 42.6 cm³/mol. The van der Waals surface area contributed by atoms with E-state index in [1.165, 1.54) is 11.8 Å². The quantitative estimate of drug-likeness (QED) is 0.221. The maximum atomic E-state index is 4.59. The van der Waals surface area contributed by atoms with Crippen molar-refractivity contribution in [1.29, 1.82) is 0 Å². The van der Waals surface area contributed by atoms with Crippen molar-refractivity contribution >= 4 is 40.1 Å². The Morgan fingerprint density at radius 3 is 2.50 bits per heavy atom. The zero-order chi connectivity index (χ0) is 5.70. The zero-order valence-corrected chi connectivity index (χ0v) is 9.17. The minimum atomic E-state index is 0. The van der Waals surface area contributed by atoms with E-state index < -0.39 is 0 Å². The van der Waals surface area contributed by atoms with Crippen LogP contribution in [0.4, 0.5) is 0 Å². The Hall–Kier alpha value is 1.40. The molecular weight excluding hydrogens is 167 g/mol. The Morgan fingerprint density at radius 2 is 2.38 bits per heavy atom. The molecular formula is C4H5NaS3. The van der Waals surface area contributed by atoms with Gasteiger partial charge < -0.3 is 24.8 Å². The van der Waals surface area contributed by atoms with Gasteiger partial charge in [0.1, 0.15) is 0 Å². The third-order valence-corrected chi connectivity index (χ3v) is 1.66. The molecule has 0 atom stereocenters. The number of hydrogen-bond acceptors (Lipinski definition) is 3. The largest absolute Gasteiger partial charge is 1.00 e. The van der Waals surface area contributed by atoms with Crippen LogP contribution in [0.5, 0.6) is 0 Å². The average molecular weight is 172 g/mol. The van der Waals surface area contributed by atoms with Gasteiger partial charge in [-0.1, -0.05) is 9.60 Å². The van der Waals surface area contributed by atoms with E-state index in [0.29, 0.717) is 3.53 Å². The van der Waals surface area contributed by atoms with Crippen molar-refractivity contribution < 1.29 is 29.6 Å². The van der Waals surface area contributed by atoms with Gasteiger partial charge in [-0.25, -0.2) is 0 Å².